The fourth-order valence-corrected chi connectivity index (χ4v) is 6.74. The van der Waals surface area contributed by atoms with Crippen LogP contribution in [0.15, 0.2) is 121 Å². The Labute approximate surface area is 215 Å². The average Bonchev–Trinajstić information content (AvgIpc) is 2.93. The van der Waals surface area contributed by atoms with Gasteiger partial charge >= 0.3 is 0 Å². The van der Waals surface area contributed by atoms with Gasteiger partial charge in [0.2, 0.25) is 5.91 Å². The standard InChI is InChI=1S/C31H27NO3S/c33-22-35-27(21-23-13-5-1-6-14-23)28-29(34)32-30(28)36-31(24-15-7-2-8-16-24,25-17-9-3-10-18-25)26-19-11-4-12-20-26/h1-20,22,27-28,30H,21H2,(H,32,34). The first-order valence-corrected chi connectivity index (χ1v) is 12.9. The second kappa shape index (κ2) is 10.8. The second-order valence-electron chi connectivity index (χ2n) is 8.81. The third kappa shape index (κ3) is 4.67. The fourth-order valence-electron chi connectivity index (χ4n) is 4.92. The molecule has 0 aromatic heterocycles. The van der Waals surface area contributed by atoms with Gasteiger partial charge in [0.05, 0.1) is 10.1 Å². The van der Waals surface area contributed by atoms with Crippen molar-refractivity contribution in [3.63, 3.8) is 0 Å². The van der Waals surface area contributed by atoms with E-state index in [-0.39, 0.29) is 11.3 Å². The molecule has 4 aromatic rings. The molecule has 1 fully saturated rings. The van der Waals surface area contributed by atoms with Crippen molar-refractivity contribution in [2.45, 2.75) is 22.6 Å². The van der Waals surface area contributed by atoms with Crippen molar-refractivity contribution in [2.75, 3.05) is 0 Å². The normalized spacial score (nSPS) is 17.9. The lowest BCUT2D eigenvalue weighted by molar-refractivity contribution is -0.147. The van der Waals surface area contributed by atoms with E-state index in [0.29, 0.717) is 12.9 Å². The SMILES string of the molecule is O=COC(Cc1ccccc1)C1C(=O)NC1SC(c1ccccc1)(c1ccccc1)c1ccccc1. The molecule has 0 spiro atoms. The summed E-state index contributed by atoms with van der Waals surface area (Å²) in [5, 5.41) is 2.85. The van der Waals surface area contributed by atoms with E-state index in [1.54, 1.807) is 11.8 Å². The fraction of sp³-hybridized carbons (Fsp3) is 0.161. The Morgan fingerprint density at radius 3 is 1.61 bits per heavy atom. The van der Waals surface area contributed by atoms with Gasteiger partial charge in [-0.2, -0.15) is 0 Å². The molecule has 0 saturated carbocycles. The maximum absolute atomic E-state index is 12.9. The number of hydrogen-bond donors (Lipinski definition) is 1. The van der Waals surface area contributed by atoms with Crippen molar-refractivity contribution in [1.29, 1.82) is 0 Å². The number of ether oxygens (including phenoxy) is 1. The second-order valence-corrected chi connectivity index (χ2v) is 10.2. The van der Waals surface area contributed by atoms with Gasteiger partial charge in [-0.25, -0.2) is 0 Å². The molecule has 1 aliphatic heterocycles. The molecule has 0 bridgehead atoms. The van der Waals surface area contributed by atoms with Crippen molar-refractivity contribution in [3.8, 4) is 0 Å². The van der Waals surface area contributed by atoms with Crippen LogP contribution < -0.4 is 5.32 Å². The van der Waals surface area contributed by atoms with Gasteiger partial charge in [0, 0.05) is 6.42 Å². The number of rotatable bonds is 10. The van der Waals surface area contributed by atoms with Crippen molar-refractivity contribution in [3.05, 3.63) is 144 Å². The van der Waals surface area contributed by atoms with E-state index < -0.39 is 16.8 Å². The molecule has 4 aromatic carbocycles. The molecule has 1 aliphatic rings. The summed E-state index contributed by atoms with van der Waals surface area (Å²) in [6.07, 6.45) is -0.0832. The minimum atomic E-state index is -0.584. The minimum absolute atomic E-state index is 0.0987. The Kier molecular flexibility index (Phi) is 7.19. The molecule has 0 aliphatic carbocycles. The van der Waals surface area contributed by atoms with Gasteiger partial charge in [-0.05, 0) is 22.3 Å². The number of carbonyl (C=O) groups is 2. The molecule has 3 atom stereocenters. The molecule has 1 amide bonds. The number of hydrogen-bond acceptors (Lipinski definition) is 4. The lowest BCUT2D eigenvalue weighted by atomic mass is 9.84. The predicted octanol–water partition coefficient (Wildman–Crippen LogP) is 5.57. The maximum Gasteiger partial charge on any atom is 0.293 e. The summed E-state index contributed by atoms with van der Waals surface area (Å²) in [6, 6.07) is 40.9. The molecule has 0 radical (unpaired) electrons. The summed E-state index contributed by atoms with van der Waals surface area (Å²) in [7, 11) is 0. The highest BCUT2D eigenvalue weighted by Crippen LogP contribution is 2.52. The number of benzene rings is 4. The van der Waals surface area contributed by atoms with Gasteiger partial charge in [0.15, 0.2) is 0 Å². The van der Waals surface area contributed by atoms with Crippen LogP contribution in [0.5, 0.6) is 0 Å². The quantitative estimate of drug-likeness (QED) is 0.178. The van der Waals surface area contributed by atoms with Crippen LogP contribution in [0.3, 0.4) is 0 Å². The monoisotopic (exact) mass is 493 g/mol. The molecule has 1 N–H and O–H groups in total. The van der Waals surface area contributed by atoms with E-state index in [1.165, 1.54) is 0 Å². The van der Waals surface area contributed by atoms with E-state index in [2.05, 4.69) is 41.7 Å². The Hall–Kier alpha value is -3.83. The van der Waals surface area contributed by atoms with Crippen molar-refractivity contribution < 1.29 is 14.3 Å². The van der Waals surface area contributed by atoms with E-state index in [4.69, 9.17) is 4.74 Å². The maximum atomic E-state index is 12.9. The summed E-state index contributed by atoms with van der Waals surface area (Å²) in [5.74, 6) is -0.575. The molecule has 1 saturated heterocycles. The molecular formula is C31H27NO3S. The summed E-state index contributed by atoms with van der Waals surface area (Å²) in [6.45, 7) is 0.458. The van der Waals surface area contributed by atoms with Gasteiger partial charge in [0.25, 0.3) is 6.47 Å². The molecule has 4 nitrogen and oxygen atoms in total. The van der Waals surface area contributed by atoms with Crippen LogP contribution in [0.25, 0.3) is 0 Å². The summed E-state index contributed by atoms with van der Waals surface area (Å²) in [5.41, 5.74) is 4.36. The van der Waals surface area contributed by atoms with Gasteiger partial charge in [-0.15, -0.1) is 11.8 Å². The van der Waals surface area contributed by atoms with E-state index in [0.717, 1.165) is 22.3 Å². The zero-order valence-corrected chi connectivity index (χ0v) is 20.5. The minimum Gasteiger partial charge on any atom is -0.463 e. The third-order valence-corrected chi connectivity index (χ3v) is 8.39. The first kappa shape index (κ1) is 23.9. The Balaban J connectivity index is 1.57. The van der Waals surface area contributed by atoms with Gasteiger partial charge in [-0.1, -0.05) is 121 Å². The predicted molar refractivity (Wildman–Crippen MR) is 143 cm³/mol. The van der Waals surface area contributed by atoms with Crippen LogP contribution >= 0.6 is 11.8 Å². The molecule has 180 valence electrons. The number of carbonyl (C=O) groups excluding carboxylic acids is 2. The van der Waals surface area contributed by atoms with Crippen molar-refractivity contribution >= 4 is 24.1 Å². The van der Waals surface area contributed by atoms with Crippen LogP contribution in [0.4, 0.5) is 0 Å². The molecule has 5 rings (SSSR count). The van der Waals surface area contributed by atoms with E-state index in [9.17, 15) is 9.59 Å². The zero-order chi connectivity index (χ0) is 24.8. The number of thioether (sulfide) groups is 1. The summed E-state index contributed by atoms with van der Waals surface area (Å²) < 4.78 is 4.94. The smallest absolute Gasteiger partial charge is 0.293 e. The van der Waals surface area contributed by atoms with E-state index in [1.807, 2.05) is 84.9 Å². The summed E-state index contributed by atoms with van der Waals surface area (Å²) in [4.78, 5) is 24.4. The van der Waals surface area contributed by atoms with Gasteiger partial charge < -0.3 is 10.1 Å². The number of nitrogens with one attached hydrogen (secondary N) is 1. The van der Waals surface area contributed by atoms with Crippen molar-refractivity contribution in [1.82, 2.24) is 5.32 Å². The van der Waals surface area contributed by atoms with Gasteiger partial charge in [-0.3, -0.25) is 9.59 Å². The van der Waals surface area contributed by atoms with Crippen LogP contribution in [0, 0.1) is 5.92 Å². The number of amides is 1. The lowest BCUT2D eigenvalue weighted by Gasteiger charge is -2.46. The van der Waals surface area contributed by atoms with Crippen LogP contribution in [0.2, 0.25) is 0 Å². The third-order valence-electron chi connectivity index (χ3n) is 6.67. The Bertz CT molecular complexity index is 1190. The Morgan fingerprint density at radius 2 is 1.19 bits per heavy atom. The average molecular weight is 494 g/mol. The topological polar surface area (TPSA) is 55.4 Å². The zero-order valence-electron chi connectivity index (χ0n) is 19.7. The summed E-state index contributed by atoms with van der Waals surface area (Å²) >= 11 is 1.69. The highest BCUT2D eigenvalue weighted by Gasteiger charge is 2.51. The largest absolute Gasteiger partial charge is 0.463 e. The first-order valence-electron chi connectivity index (χ1n) is 12.0. The first-order chi connectivity index (χ1) is 17.7. The van der Waals surface area contributed by atoms with Crippen LogP contribution in [-0.2, 0) is 25.5 Å². The highest BCUT2D eigenvalue weighted by atomic mass is 32.2. The molecule has 5 heteroatoms. The number of β-lactam (4-membered cyclic amide) rings is 1. The van der Waals surface area contributed by atoms with E-state index >= 15 is 0 Å². The molecule has 36 heavy (non-hydrogen) atoms. The molecule has 1 heterocycles. The molecular weight excluding hydrogens is 466 g/mol. The highest BCUT2D eigenvalue weighted by molar-refractivity contribution is 8.01. The molecule has 3 unspecified atom stereocenters. The van der Waals surface area contributed by atoms with Crippen molar-refractivity contribution in [2.24, 2.45) is 5.92 Å². The Morgan fingerprint density at radius 1 is 0.750 bits per heavy atom. The van der Waals surface area contributed by atoms with Crippen LogP contribution in [-0.4, -0.2) is 23.9 Å². The van der Waals surface area contributed by atoms with Gasteiger partial charge in [0.1, 0.15) is 12.0 Å². The lowest BCUT2D eigenvalue weighted by Crippen LogP contribution is -2.62. The van der Waals surface area contributed by atoms with Crippen LogP contribution in [0.1, 0.15) is 22.3 Å².